The standard InChI is InChI=1S/C11H9ClF3N3/c12-10-2-1-7(3-9(10)11(13,14)15)5-18-6-8(16)4-17-18/h1-4,6H,5,16H2. The summed E-state index contributed by atoms with van der Waals surface area (Å²) in [4.78, 5) is 0. The van der Waals surface area contributed by atoms with E-state index in [1.54, 1.807) is 6.20 Å². The van der Waals surface area contributed by atoms with Gasteiger partial charge in [-0.25, -0.2) is 0 Å². The van der Waals surface area contributed by atoms with Crippen molar-refractivity contribution in [3.05, 3.63) is 46.7 Å². The normalized spacial score (nSPS) is 11.8. The highest BCUT2D eigenvalue weighted by molar-refractivity contribution is 6.31. The molecular formula is C11H9ClF3N3. The van der Waals surface area contributed by atoms with Gasteiger partial charge in [0.15, 0.2) is 0 Å². The van der Waals surface area contributed by atoms with Crippen LogP contribution in [0.15, 0.2) is 30.6 Å². The summed E-state index contributed by atoms with van der Waals surface area (Å²) in [6.45, 7) is 0.206. The Balaban J connectivity index is 2.30. The van der Waals surface area contributed by atoms with Crippen molar-refractivity contribution in [2.45, 2.75) is 12.7 Å². The van der Waals surface area contributed by atoms with Crippen molar-refractivity contribution in [1.82, 2.24) is 9.78 Å². The lowest BCUT2D eigenvalue weighted by Crippen LogP contribution is -2.08. The van der Waals surface area contributed by atoms with Gasteiger partial charge in [-0.3, -0.25) is 4.68 Å². The zero-order chi connectivity index (χ0) is 13.3. The van der Waals surface area contributed by atoms with E-state index in [0.29, 0.717) is 11.3 Å². The van der Waals surface area contributed by atoms with Crippen molar-refractivity contribution in [1.29, 1.82) is 0 Å². The molecule has 0 aliphatic rings. The van der Waals surface area contributed by atoms with E-state index in [1.165, 1.54) is 23.0 Å². The Morgan fingerprint density at radius 1 is 1.33 bits per heavy atom. The van der Waals surface area contributed by atoms with Gasteiger partial charge in [0.25, 0.3) is 0 Å². The minimum absolute atomic E-state index is 0.206. The molecule has 0 saturated carbocycles. The van der Waals surface area contributed by atoms with Gasteiger partial charge in [-0.2, -0.15) is 18.3 Å². The number of anilines is 1. The third kappa shape index (κ3) is 2.76. The van der Waals surface area contributed by atoms with Crippen LogP contribution in [0.25, 0.3) is 0 Å². The largest absolute Gasteiger partial charge is 0.417 e. The van der Waals surface area contributed by atoms with Crippen LogP contribution in [0.5, 0.6) is 0 Å². The van der Waals surface area contributed by atoms with Crippen molar-refractivity contribution in [2.75, 3.05) is 5.73 Å². The molecule has 0 unspecified atom stereocenters. The van der Waals surface area contributed by atoms with Crippen molar-refractivity contribution >= 4 is 17.3 Å². The van der Waals surface area contributed by atoms with Crippen LogP contribution >= 0.6 is 11.6 Å². The van der Waals surface area contributed by atoms with Crippen LogP contribution in [0.2, 0.25) is 5.02 Å². The molecule has 0 atom stereocenters. The Hall–Kier alpha value is -1.69. The fourth-order valence-corrected chi connectivity index (χ4v) is 1.77. The fraction of sp³-hybridized carbons (Fsp3) is 0.182. The van der Waals surface area contributed by atoms with Crippen LogP contribution in [0.1, 0.15) is 11.1 Å². The molecule has 0 amide bonds. The summed E-state index contributed by atoms with van der Waals surface area (Å²) in [6.07, 6.45) is -1.49. The molecule has 2 aromatic rings. The molecule has 3 nitrogen and oxygen atoms in total. The molecule has 1 aromatic carbocycles. The zero-order valence-electron chi connectivity index (χ0n) is 9.08. The maximum Gasteiger partial charge on any atom is 0.417 e. The first-order valence-electron chi connectivity index (χ1n) is 5.00. The van der Waals surface area contributed by atoms with Crippen molar-refractivity contribution in [3.8, 4) is 0 Å². The molecule has 0 spiro atoms. The highest BCUT2D eigenvalue weighted by Gasteiger charge is 2.33. The summed E-state index contributed by atoms with van der Waals surface area (Å²) in [5, 5.41) is 3.59. The third-order valence-corrected chi connectivity index (χ3v) is 2.66. The second kappa shape index (κ2) is 4.53. The predicted octanol–water partition coefficient (Wildman–Crippen LogP) is 3.19. The number of alkyl halides is 3. The molecule has 18 heavy (non-hydrogen) atoms. The molecule has 96 valence electrons. The number of nitrogens with zero attached hydrogens (tertiary/aromatic N) is 2. The summed E-state index contributed by atoms with van der Waals surface area (Å²) in [7, 11) is 0. The molecule has 0 aliphatic heterocycles. The van der Waals surface area contributed by atoms with E-state index in [2.05, 4.69) is 5.10 Å². The average Bonchev–Trinajstić information content (AvgIpc) is 2.65. The van der Waals surface area contributed by atoms with Gasteiger partial charge < -0.3 is 5.73 Å². The summed E-state index contributed by atoms with van der Waals surface area (Å²) in [6, 6.07) is 3.77. The number of halogens is 4. The highest BCUT2D eigenvalue weighted by atomic mass is 35.5. The summed E-state index contributed by atoms with van der Waals surface area (Å²) in [5.41, 5.74) is 5.54. The maximum atomic E-state index is 12.6. The van der Waals surface area contributed by atoms with Gasteiger partial charge in [0.1, 0.15) is 0 Å². The van der Waals surface area contributed by atoms with Crippen LogP contribution in [0, 0.1) is 0 Å². The SMILES string of the molecule is Nc1cnn(Cc2ccc(Cl)c(C(F)(F)F)c2)c1. The number of benzene rings is 1. The molecule has 0 fully saturated rings. The van der Waals surface area contributed by atoms with Gasteiger partial charge >= 0.3 is 6.18 Å². The first-order chi connectivity index (χ1) is 8.36. The van der Waals surface area contributed by atoms with E-state index in [1.807, 2.05) is 0 Å². The van der Waals surface area contributed by atoms with E-state index >= 15 is 0 Å². The second-order valence-corrected chi connectivity index (χ2v) is 4.19. The molecule has 7 heteroatoms. The first-order valence-corrected chi connectivity index (χ1v) is 5.37. The van der Waals surface area contributed by atoms with Gasteiger partial charge in [-0.05, 0) is 17.7 Å². The van der Waals surface area contributed by atoms with E-state index in [9.17, 15) is 13.2 Å². The molecular weight excluding hydrogens is 267 g/mol. The van der Waals surface area contributed by atoms with Gasteiger partial charge in [0, 0.05) is 6.20 Å². The molecule has 2 rings (SSSR count). The number of hydrogen-bond donors (Lipinski definition) is 1. The van der Waals surface area contributed by atoms with Gasteiger partial charge in [-0.15, -0.1) is 0 Å². The minimum atomic E-state index is -4.46. The predicted molar refractivity (Wildman–Crippen MR) is 62.2 cm³/mol. The number of nitrogens with two attached hydrogens (primary N) is 1. The van der Waals surface area contributed by atoms with Gasteiger partial charge in [-0.1, -0.05) is 17.7 Å². The molecule has 1 heterocycles. The van der Waals surface area contributed by atoms with Crippen molar-refractivity contribution in [3.63, 3.8) is 0 Å². The fourth-order valence-electron chi connectivity index (χ4n) is 1.54. The average molecular weight is 276 g/mol. The number of hydrogen-bond acceptors (Lipinski definition) is 2. The Kier molecular flexibility index (Phi) is 3.21. The topological polar surface area (TPSA) is 43.8 Å². The third-order valence-electron chi connectivity index (χ3n) is 2.33. The molecule has 0 saturated heterocycles. The summed E-state index contributed by atoms with van der Waals surface area (Å²) < 4.78 is 39.4. The van der Waals surface area contributed by atoms with E-state index in [-0.39, 0.29) is 11.6 Å². The molecule has 1 aromatic heterocycles. The van der Waals surface area contributed by atoms with Gasteiger partial charge in [0.2, 0.25) is 0 Å². The Morgan fingerprint density at radius 3 is 2.61 bits per heavy atom. The highest BCUT2D eigenvalue weighted by Crippen LogP contribution is 2.35. The number of aromatic nitrogens is 2. The van der Waals surface area contributed by atoms with Crippen LogP contribution in [-0.4, -0.2) is 9.78 Å². The Labute approximate surface area is 106 Å². The second-order valence-electron chi connectivity index (χ2n) is 3.78. The number of nitrogen functional groups attached to an aromatic ring is 1. The number of rotatable bonds is 2. The monoisotopic (exact) mass is 275 g/mol. The van der Waals surface area contributed by atoms with E-state index in [4.69, 9.17) is 17.3 Å². The first kappa shape index (κ1) is 12.8. The minimum Gasteiger partial charge on any atom is -0.396 e. The quantitative estimate of drug-likeness (QED) is 0.915. The molecule has 0 radical (unpaired) electrons. The maximum absolute atomic E-state index is 12.6. The molecule has 0 aliphatic carbocycles. The molecule has 2 N–H and O–H groups in total. The lowest BCUT2D eigenvalue weighted by molar-refractivity contribution is -0.137. The Morgan fingerprint density at radius 2 is 2.06 bits per heavy atom. The summed E-state index contributed by atoms with van der Waals surface area (Å²) >= 11 is 5.53. The smallest absolute Gasteiger partial charge is 0.396 e. The Bertz CT molecular complexity index is 563. The van der Waals surface area contributed by atoms with Gasteiger partial charge in [0.05, 0.1) is 29.0 Å². The lowest BCUT2D eigenvalue weighted by Gasteiger charge is -2.11. The van der Waals surface area contributed by atoms with Crippen LogP contribution < -0.4 is 5.73 Å². The van der Waals surface area contributed by atoms with Crippen molar-refractivity contribution in [2.24, 2.45) is 0 Å². The van der Waals surface area contributed by atoms with Crippen LogP contribution in [0.3, 0.4) is 0 Å². The van der Waals surface area contributed by atoms with E-state index in [0.717, 1.165) is 6.07 Å². The molecule has 0 bridgehead atoms. The van der Waals surface area contributed by atoms with Crippen molar-refractivity contribution < 1.29 is 13.2 Å². The zero-order valence-corrected chi connectivity index (χ0v) is 9.83. The lowest BCUT2D eigenvalue weighted by atomic mass is 10.1. The summed E-state index contributed by atoms with van der Waals surface area (Å²) in [5.74, 6) is 0. The van der Waals surface area contributed by atoms with Crippen LogP contribution in [-0.2, 0) is 12.7 Å². The van der Waals surface area contributed by atoms with E-state index < -0.39 is 11.7 Å². The van der Waals surface area contributed by atoms with Crippen LogP contribution in [0.4, 0.5) is 18.9 Å².